The number of amides is 1. The monoisotopic (exact) mass is 650 g/mol. The van der Waals surface area contributed by atoms with Crippen molar-refractivity contribution in [3.8, 4) is 11.5 Å². The average Bonchev–Trinajstić information content (AvgIpc) is 3.68. The summed E-state index contributed by atoms with van der Waals surface area (Å²) < 4.78 is 11.2. The van der Waals surface area contributed by atoms with E-state index in [9.17, 15) is 9.59 Å². The van der Waals surface area contributed by atoms with Gasteiger partial charge in [0.15, 0.2) is 0 Å². The lowest BCUT2D eigenvalue weighted by Crippen LogP contribution is -2.14. The lowest BCUT2D eigenvalue weighted by atomic mass is 9.82. The van der Waals surface area contributed by atoms with E-state index in [1.54, 1.807) is 11.3 Å². The average molecular weight is 651 g/mol. The summed E-state index contributed by atoms with van der Waals surface area (Å²) in [4.78, 5) is 22.8. The second-order valence-corrected chi connectivity index (χ2v) is 13.4. The fourth-order valence-electron chi connectivity index (χ4n) is 5.05. The van der Waals surface area contributed by atoms with Crippen LogP contribution in [0.25, 0.3) is 0 Å². The predicted octanol–water partition coefficient (Wildman–Crippen LogP) is 7.06. The molecule has 0 aliphatic heterocycles. The molecule has 1 unspecified atom stereocenters. The lowest BCUT2D eigenvalue weighted by Gasteiger charge is -2.25. The maximum atomic E-state index is 12.5. The van der Waals surface area contributed by atoms with Crippen molar-refractivity contribution in [2.24, 2.45) is 0 Å². The highest BCUT2D eigenvalue weighted by Crippen LogP contribution is 2.43. The Morgan fingerprint density at radius 2 is 1.42 bits per heavy atom. The molecule has 2 aromatic carbocycles. The molecule has 1 amide bonds. The minimum Gasteiger partial charge on any atom is -0.491 e. The third-order valence-electron chi connectivity index (χ3n) is 6.94. The molecule has 0 spiro atoms. The number of carbonyl (C=O) groups is 2. The molecular weight excluding hydrogens is 609 g/mol. The number of benzene rings is 2. The van der Waals surface area contributed by atoms with Crippen LogP contribution in [0.2, 0.25) is 0 Å². The molecule has 1 aliphatic rings. The molecule has 5 rings (SSSR count). The van der Waals surface area contributed by atoms with E-state index in [2.05, 4.69) is 31.0 Å². The molecule has 1 fully saturated rings. The molecule has 2 heterocycles. The van der Waals surface area contributed by atoms with Crippen LogP contribution in [0.1, 0.15) is 86.4 Å². The highest BCUT2D eigenvalue weighted by Gasteiger charge is 2.29. The van der Waals surface area contributed by atoms with Gasteiger partial charge >= 0.3 is 0 Å². The maximum absolute atomic E-state index is 12.5. The molecule has 0 radical (unpaired) electrons. The van der Waals surface area contributed by atoms with Gasteiger partial charge in [0, 0.05) is 25.3 Å². The second-order valence-electron chi connectivity index (χ2n) is 11.4. The summed E-state index contributed by atoms with van der Waals surface area (Å²) in [5.74, 6) is 2.23. The molecule has 1 aliphatic carbocycles. The molecule has 10 nitrogen and oxygen atoms in total. The first kappa shape index (κ1) is 34.0. The van der Waals surface area contributed by atoms with Crippen molar-refractivity contribution in [2.75, 3.05) is 17.7 Å². The fraction of sp³-hybridized carbons (Fsp3) is 0.455. The van der Waals surface area contributed by atoms with Crippen molar-refractivity contribution in [3.63, 3.8) is 0 Å². The van der Waals surface area contributed by atoms with Crippen molar-refractivity contribution in [2.45, 2.75) is 90.3 Å². The number of hydrogen-bond donors (Lipinski definition) is 2. The highest BCUT2D eigenvalue weighted by atomic mass is 32.1. The Balaban J connectivity index is 0.000000297. The maximum Gasteiger partial charge on any atom is 0.230 e. The van der Waals surface area contributed by atoms with Crippen LogP contribution >= 0.6 is 22.7 Å². The van der Waals surface area contributed by atoms with E-state index in [0.717, 1.165) is 69.7 Å². The Hall–Kier alpha value is -3.90. The predicted molar refractivity (Wildman–Crippen MR) is 180 cm³/mol. The molecule has 4 aromatic rings. The van der Waals surface area contributed by atoms with E-state index in [1.165, 1.54) is 11.3 Å². The number of nitrogens with one attached hydrogen (secondary N) is 2. The number of aldehydes is 1. The Kier molecular flexibility index (Phi) is 12.8. The number of hydrogen-bond acceptors (Lipinski definition) is 11. The molecule has 240 valence electrons. The minimum atomic E-state index is -0.107. The van der Waals surface area contributed by atoms with Crippen LogP contribution in [0, 0.1) is 0 Å². The SMILES string of the molecule is CC(C)Oc1cccc(CC=O)c1.CNc1nnc(C2CCC[C@H](c3nnc(NC(=O)Cc4cccc(OC(C)C)c4)s3)C2)s1. The molecule has 12 heteroatoms. The van der Waals surface area contributed by atoms with Gasteiger partial charge in [0.1, 0.15) is 27.8 Å². The first-order chi connectivity index (χ1) is 21.7. The standard InChI is InChI=1S/C22H28N6O2S2.C11H14O2/c1-13(2)30-17-9-4-6-14(10-17)11-18(29)24-22-28-26-20(32-22)16-8-5-7-15(12-16)19-25-27-21(23-3)31-19;1-9(2)13-11-5-3-4-10(8-11)6-7-12/h4,6,9-10,13,15-16H,5,7-8,11-12H2,1-3H3,(H,23,27)(H,24,28,29);3-5,7-9H,6H2,1-2H3/t15?,16-;/m0./s1. The summed E-state index contributed by atoms with van der Waals surface area (Å²) in [6.45, 7) is 7.92. The first-order valence-corrected chi connectivity index (χ1v) is 16.9. The zero-order chi connectivity index (χ0) is 32.2. The van der Waals surface area contributed by atoms with Crippen LogP contribution in [0.4, 0.5) is 10.3 Å². The number of aromatic nitrogens is 4. The summed E-state index contributed by atoms with van der Waals surface area (Å²) in [5.41, 5.74) is 1.90. The summed E-state index contributed by atoms with van der Waals surface area (Å²) in [7, 11) is 1.86. The van der Waals surface area contributed by atoms with Crippen LogP contribution < -0.4 is 20.1 Å². The Labute approximate surface area is 273 Å². The van der Waals surface area contributed by atoms with Crippen molar-refractivity contribution in [1.29, 1.82) is 0 Å². The normalized spacial score (nSPS) is 16.1. The molecule has 1 saturated carbocycles. The van der Waals surface area contributed by atoms with Crippen LogP contribution in [-0.2, 0) is 22.4 Å². The van der Waals surface area contributed by atoms with Crippen LogP contribution in [-0.4, -0.2) is 51.8 Å². The third-order valence-corrected chi connectivity index (χ3v) is 9.04. The van der Waals surface area contributed by atoms with Gasteiger partial charge < -0.3 is 24.9 Å². The summed E-state index contributed by atoms with van der Waals surface area (Å²) in [6, 6.07) is 15.2. The van der Waals surface area contributed by atoms with Gasteiger partial charge in [-0.05, 0) is 82.3 Å². The van der Waals surface area contributed by atoms with Gasteiger partial charge in [0.05, 0.1) is 18.6 Å². The Morgan fingerprint density at radius 3 is 1.98 bits per heavy atom. The van der Waals surface area contributed by atoms with Gasteiger partial charge in [-0.2, -0.15) is 0 Å². The van der Waals surface area contributed by atoms with Gasteiger partial charge in [-0.3, -0.25) is 4.79 Å². The van der Waals surface area contributed by atoms with Gasteiger partial charge in [0.2, 0.25) is 16.2 Å². The van der Waals surface area contributed by atoms with Gasteiger partial charge in [0.25, 0.3) is 0 Å². The van der Waals surface area contributed by atoms with Crippen molar-refractivity contribution in [3.05, 3.63) is 69.7 Å². The van der Waals surface area contributed by atoms with Crippen LogP contribution in [0.15, 0.2) is 48.5 Å². The Bertz CT molecular complexity index is 1520. The van der Waals surface area contributed by atoms with Gasteiger partial charge in [-0.25, -0.2) is 0 Å². The van der Waals surface area contributed by atoms with E-state index in [-0.39, 0.29) is 24.5 Å². The second kappa shape index (κ2) is 17.0. The first-order valence-electron chi connectivity index (χ1n) is 15.3. The fourth-order valence-corrected chi connectivity index (χ4v) is 6.80. The lowest BCUT2D eigenvalue weighted by molar-refractivity contribution is -0.115. The number of rotatable bonds is 12. The van der Waals surface area contributed by atoms with E-state index < -0.39 is 0 Å². The molecule has 2 atom stereocenters. The molecule has 45 heavy (non-hydrogen) atoms. The molecular formula is C33H42N6O4S2. The molecule has 2 aromatic heterocycles. The topological polar surface area (TPSA) is 128 Å². The van der Waals surface area contributed by atoms with E-state index in [4.69, 9.17) is 9.47 Å². The van der Waals surface area contributed by atoms with Gasteiger partial charge in [-0.15, -0.1) is 20.4 Å². The molecule has 0 bridgehead atoms. The quantitative estimate of drug-likeness (QED) is 0.155. The van der Waals surface area contributed by atoms with E-state index in [0.29, 0.717) is 23.4 Å². The van der Waals surface area contributed by atoms with E-state index >= 15 is 0 Å². The summed E-state index contributed by atoms with van der Waals surface area (Å²) in [6.07, 6.45) is 6.20. The largest absolute Gasteiger partial charge is 0.491 e. The smallest absolute Gasteiger partial charge is 0.230 e. The van der Waals surface area contributed by atoms with Crippen LogP contribution in [0.5, 0.6) is 11.5 Å². The molecule has 0 saturated heterocycles. The zero-order valence-electron chi connectivity index (χ0n) is 26.5. The number of nitrogens with zero attached hydrogens (tertiary/aromatic N) is 4. The number of carbonyl (C=O) groups excluding carboxylic acids is 2. The van der Waals surface area contributed by atoms with Crippen molar-refractivity contribution >= 4 is 45.1 Å². The van der Waals surface area contributed by atoms with Crippen molar-refractivity contribution in [1.82, 2.24) is 20.4 Å². The third kappa shape index (κ3) is 10.9. The van der Waals surface area contributed by atoms with Crippen molar-refractivity contribution < 1.29 is 19.1 Å². The number of anilines is 2. The minimum absolute atomic E-state index is 0.0931. The van der Waals surface area contributed by atoms with Gasteiger partial charge in [-0.1, -0.05) is 53.4 Å². The highest BCUT2D eigenvalue weighted by molar-refractivity contribution is 7.15. The summed E-state index contributed by atoms with van der Waals surface area (Å²) >= 11 is 3.10. The zero-order valence-corrected chi connectivity index (χ0v) is 28.1. The van der Waals surface area contributed by atoms with Crippen LogP contribution in [0.3, 0.4) is 0 Å². The Morgan fingerprint density at radius 1 is 0.867 bits per heavy atom. The molecule has 2 N–H and O–H groups in total. The van der Waals surface area contributed by atoms with E-state index in [1.807, 2.05) is 83.3 Å². The summed E-state index contributed by atoms with van der Waals surface area (Å²) in [5, 5.41) is 26.6. The number of ether oxygens (including phenoxy) is 2.